The normalized spacial score (nSPS) is 16.9. The number of aromatic carboxylic acids is 1. The Morgan fingerprint density at radius 1 is 1.40 bits per heavy atom. The van der Waals surface area contributed by atoms with Gasteiger partial charge in [0.2, 0.25) is 0 Å². The Bertz CT molecular complexity index is 387. The van der Waals surface area contributed by atoms with Crippen LogP contribution in [0.1, 0.15) is 27.9 Å². The first-order valence-electron chi connectivity index (χ1n) is 5.20. The van der Waals surface area contributed by atoms with E-state index < -0.39 is 5.97 Å². The monoisotopic (exact) mass is 205 g/mol. The average Bonchev–Trinajstić information content (AvgIpc) is 2.37. The minimum atomic E-state index is -0.843. The second kappa shape index (κ2) is 4.03. The number of aryl methyl sites for hydroxylation is 1. The number of carboxylic acid groups (broad SMARTS) is 1. The molecule has 80 valence electrons. The Hall–Kier alpha value is -1.35. The SMILES string of the molecule is CN1CCCc2ccc(C(=O)O)cc2C1. The number of rotatable bonds is 1. The number of carboxylic acids is 1. The maximum absolute atomic E-state index is 10.8. The van der Waals surface area contributed by atoms with Gasteiger partial charge in [-0.1, -0.05) is 6.07 Å². The third-order valence-electron chi connectivity index (χ3n) is 2.88. The van der Waals surface area contributed by atoms with Gasteiger partial charge in [-0.25, -0.2) is 4.79 Å². The Balaban J connectivity index is 2.37. The molecule has 3 nitrogen and oxygen atoms in total. The third-order valence-corrected chi connectivity index (χ3v) is 2.88. The van der Waals surface area contributed by atoms with Crippen LogP contribution in [0.4, 0.5) is 0 Å². The predicted octanol–water partition coefficient (Wildman–Crippen LogP) is 1.76. The highest BCUT2D eigenvalue weighted by Crippen LogP contribution is 2.19. The zero-order valence-corrected chi connectivity index (χ0v) is 8.86. The summed E-state index contributed by atoms with van der Waals surface area (Å²) in [6.45, 7) is 1.94. The number of fused-ring (bicyclic) bond motifs is 1. The Morgan fingerprint density at radius 3 is 2.93 bits per heavy atom. The molecule has 0 bridgehead atoms. The van der Waals surface area contributed by atoms with Crippen LogP contribution in [0.15, 0.2) is 18.2 Å². The molecular formula is C12H15NO2. The quantitative estimate of drug-likeness (QED) is 0.759. The van der Waals surface area contributed by atoms with E-state index in [4.69, 9.17) is 5.11 Å². The van der Waals surface area contributed by atoms with Crippen molar-refractivity contribution in [1.29, 1.82) is 0 Å². The van der Waals surface area contributed by atoms with E-state index in [0.29, 0.717) is 5.56 Å². The molecule has 0 unspecified atom stereocenters. The first-order chi connectivity index (χ1) is 7.16. The number of hydrogen-bond donors (Lipinski definition) is 1. The summed E-state index contributed by atoms with van der Waals surface area (Å²) in [7, 11) is 2.07. The van der Waals surface area contributed by atoms with Gasteiger partial charge in [-0.05, 0) is 49.7 Å². The Labute approximate surface area is 89.3 Å². The molecule has 15 heavy (non-hydrogen) atoms. The fourth-order valence-corrected chi connectivity index (χ4v) is 2.06. The first kappa shape index (κ1) is 10.2. The summed E-state index contributed by atoms with van der Waals surface area (Å²) in [5.74, 6) is -0.843. The molecule has 0 aliphatic carbocycles. The molecule has 1 aromatic carbocycles. The largest absolute Gasteiger partial charge is 0.478 e. The van der Waals surface area contributed by atoms with Crippen molar-refractivity contribution in [2.45, 2.75) is 19.4 Å². The van der Waals surface area contributed by atoms with E-state index in [9.17, 15) is 4.79 Å². The summed E-state index contributed by atoms with van der Waals surface area (Å²) in [6, 6.07) is 5.46. The predicted molar refractivity (Wildman–Crippen MR) is 58.1 cm³/mol. The molecule has 1 aromatic rings. The standard InChI is InChI=1S/C12H15NO2/c1-13-6-2-3-9-4-5-10(12(14)15)7-11(9)8-13/h4-5,7H,2-3,6,8H2,1H3,(H,14,15). The zero-order valence-electron chi connectivity index (χ0n) is 8.86. The highest BCUT2D eigenvalue weighted by atomic mass is 16.4. The molecule has 1 heterocycles. The Kier molecular flexibility index (Phi) is 2.73. The molecule has 0 saturated carbocycles. The topological polar surface area (TPSA) is 40.5 Å². The van der Waals surface area contributed by atoms with Gasteiger partial charge in [0.15, 0.2) is 0 Å². The molecule has 0 spiro atoms. The molecule has 0 radical (unpaired) electrons. The molecule has 1 aliphatic heterocycles. The maximum atomic E-state index is 10.8. The minimum absolute atomic E-state index is 0.393. The van der Waals surface area contributed by atoms with Crippen LogP contribution in [-0.2, 0) is 13.0 Å². The first-order valence-corrected chi connectivity index (χ1v) is 5.20. The fraction of sp³-hybridized carbons (Fsp3) is 0.417. The van der Waals surface area contributed by atoms with Crippen LogP contribution in [0.5, 0.6) is 0 Å². The lowest BCUT2D eigenvalue weighted by Crippen LogP contribution is -2.17. The number of hydrogen-bond acceptors (Lipinski definition) is 2. The highest BCUT2D eigenvalue weighted by Gasteiger charge is 2.13. The van der Waals surface area contributed by atoms with Gasteiger partial charge in [0.25, 0.3) is 0 Å². The lowest BCUT2D eigenvalue weighted by atomic mass is 10.0. The van der Waals surface area contributed by atoms with Gasteiger partial charge in [-0.3, -0.25) is 0 Å². The van der Waals surface area contributed by atoms with Crippen LogP contribution in [-0.4, -0.2) is 29.6 Å². The van der Waals surface area contributed by atoms with Gasteiger partial charge in [0.05, 0.1) is 5.56 Å². The lowest BCUT2D eigenvalue weighted by molar-refractivity contribution is 0.0696. The average molecular weight is 205 g/mol. The summed E-state index contributed by atoms with van der Waals surface area (Å²) < 4.78 is 0. The molecule has 2 rings (SSSR count). The van der Waals surface area contributed by atoms with Crippen LogP contribution in [0, 0.1) is 0 Å². The van der Waals surface area contributed by atoms with Crippen LogP contribution in [0.25, 0.3) is 0 Å². The second-order valence-electron chi connectivity index (χ2n) is 4.13. The molecule has 0 saturated heterocycles. The van der Waals surface area contributed by atoms with Gasteiger partial charge in [-0.2, -0.15) is 0 Å². The van der Waals surface area contributed by atoms with Crippen molar-refractivity contribution < 1.29 is 9.90 Å². The van der Waals surface area contributed by atoms with E-state index in [1.807, 2.05) is 6.07 Å². The van der Waals surface area contributed by atoms with Crippen LogP contribution < -0.4 is 0 Å². The summed E-state index contributed by atoms with van der Waals surface area (Å²) >= 11 is 0. The smallest absolute Gasteiger partial charge is 0.335 e. The minimum Gasteiger partial charge on any atom is -0.478 e. The van der Waals surface area contributed by atoms with Crippen molar-refractivity contribution in [2.24, 2.45) is 0 Å². The molecule has 0 aromatic heterocycles. The number of nitrogens with zero attached hydrogens (tertiary/aromatic N) is 1. The van der Waals surface area contributed by atoms with Crippen LogP contribution >= 0.6 is 0 Å². The molecular weight excluding hydrogens is 190 g/mol. The second-order valence-corrected chi connectivity index (χ2v) is 4.13. The zero-order chi connectivity index (χ0) is 10.8. The van der Waals surface area contributed by atoms with Gasteiger partial charge < -0.3 is 10.0 Å². The van der Waals surface area contributed by atoms with E-state index in [1.54, 1.807) is 12.1 Å². The van der Waals surface area contributed by atoms with Gasteiger partial charge in [-0.15, -0.1) is 0 Å². The van der Waals surface area contributed by atoms with E-state index >= 15 is 0 Å². The van der Waals surface area contributed by atoms with Crippen molar-refractivity contribution in [2.75, 3.05) is 13.6 Å². The summed E-state index contributed by atoms with van der Waals surface area (Å²) in [4.78, 5) is 13.1. The van der Waals surface area contributed by atoms with Crippen molar-refractivity contribution >= 4 is 5.97 Å². The number of benzene rings is 1. The van der Waals surface area contributed by atoms with E-state index in [-0.39, 0.29) is 0 Å². The molecule has 0 fully saturated rings. The lowest BCUT2D eigenvalue weighted by Gasteiger charge is -2.13. The van der Waals surface area contributed by atoms with Crippen molar-refractivity contribution in [3.05, 3.63) is 34.9 Å². The number of carbonyl (C=O) groups is 1. The van der Waals surface area contributed by atoms with E-state index in [1.165, 1.54) is 5.56 Å². The molecule has 1 N–H and O–H groups in total. The fourth-order valence-electron chi connectivity index (χ4n) is 2.06. The summed E-state index contributed by atoms with van der Waals surface area (Å²) in [5, 5.41) is 8.91. The van der Waals surface area contributed by atoms with Crippen molar-refractivity contribution in [1.82, 2.24) is 4.90 Å². The van der Waals surface area contributed by atoms with Crippen LogP contribution in [0.3, 0.4) is 0 Å². The van der Waals surface area contributed by atoms with E-state index in [0.717, 1.165) is 31.5 Å². The summed E-state index contributed by atoms with van der Waals surface area (Å²) in [5.41, 5.74) is 2.85. The maximum Gasteiger partial charge on any atom is 0.335 e. The van der Waals surface area contributed by atoms with Crippen LogP contribution in [0.2, 0.25) is 0 Å². The molecule has 3 heteroatoms. The molecule has 0 atom stereocenters. The third kappa shape index (κ3) is 2.18. The van der Waals surface area contributed by atoms with Crippen molar-refractivity contribution in [3.8, 4) is 0 Å². The van der Waals surface area contributed by atoms with E-state index in [2.05, 4.69) is 11.9 Å². The van der Waals surface area contributed by atoms with Gasteiger partial charge in [0, 0.05) is 6.54 Å². The molecule has 1 aliphatic rings. The van der Waals surface area contributed by atoms with Gasteiger partial charge >= 0.3 is 5.97 Å². The molecule has 0 amide bonds. The van der Waals surface area contributed by atoms with Gasteiger partial charge in [0.1, 0.15) is 0 Å². The van der Waals surface area contributed by atoms with Crippen molar-refractivity contribution in [3.63, 3.8) is 0 Å². The summed E-state index contributed by atoms with van der Waals surface area (Å²) in [6.07, 6.45) is 2.20. The Morgan fingerprint density at radius 2 is 2.20 bits per heavy atom. The highest BCUT2D eigenvalue weighted by molar-refractivity contribution is 5.87.